The van der Waals surface area contributed by atoms with Gasteiger partial charge in [-0.1, -0.05) is 31.3 Å². The topological polar surface area (TPSA) is 40.5 Å². The van der Waals surface area contributed by atoms with Gasteiger partial charge in [0, 0.05) is 19.5 Å². The Labute approximate surface area is 124 Å². The molecule has 2 rings (SSSR count). The summed E-state index contributed by atoms with van der Waals surface area (Å²) in [4.78, 5) is 13.8. The van der Waals surface area contributed by atoms with Crippen molar-refractivity contribution < 1.29 is 14.3 Å². The third-order valence-electron chi connectivity index (χ3n) is 3.70. The number of amides is 1. The monoisotopic (exact) mass is 289 g/mol. The van der Waals surface area contributed by atoms with E-state index in [2.05, 4.69) is 18.8 Å². The van der Waals surface area contributed by atoms with Crippen LogP contribution >= 0.6 is 0 Å². The number of aliphatic hydroxyl groups excluding tert-OH is 1. The van der Waals surface area contributed by atoms with Crippen molar-refractivity contribution in [1.29, 1.82) is 0 Å². The second-order valence-corrected chi connectivity index (χ2v) is 5.41. The molecule has 1 fully saturated rings. The van der Waals surface area contributed by atoms with Crippen LogP contribution in [-0.4, -0.2) is 29.1 Å². The molecule has 0 saturated carbocycles. The fourth-order valence-electron chi connectivity index (χ4n) is 2.73. The van der Waals surface area contributed by atoms with Crippen molar-refractivity contribution in [3.8, 4) is 11.8 Å². The third-order valence-corrected chi connectivity index (χ3v) is 3.70. The lowest BCUT2D eigenvalue weighted by Crippen LogP contribution is -2.24. The van der Waals surface area contributed by atoms with E-state index in [9.17, 15) is 9.18 Å². The summed E-state index contributed by atoms with van der Waals surface area (Å²) in [6, 6.07) is 4.69. The summed E-state index contributed by atoms with van der Waals surface area (Å²) >= 11 is 0. The highest BCUT2D eigenvalue weighted by molar-refractivity contribution is 5.78. The molecular weight excluding hydrogens is 269 g/mol. The lowest BCUT2D eigenvalue weighted by Gasteiger charge is -2.17. The van der Waals surface area contributed by atoms with Gasteiger partial charge in [-0.05, 0) is 30.0 Å². The Morgan fingerprint density at radius 2 is 2.29 bits per heavy atom. The van der Waals surface area contributed by atoms with Gasteiger partial charge >= 0.3 is 0 Å². The van der Waals surface area contributed by atoms with E-state index in [1.807, 2.05) is 4.90 Å². The van der Waals surface area contributed by atoms with E-state index in [-0.39, 0.29) is 18.1 Å². The van der Waals surface area contributed by atoms with Gasteiger partial charge in [0.25, 0.3) is 0 Å². The number of rotatable bonds is 4. The largest absolute Gasteiger partial charge is 0.384 e. The first-order chi connectivity index (χ1) is 10.1. The second-order valence-electron chi connectivity index (χ2n) is 5.41. The van der Waals surface area contributed by atoms with E-state index in [1.165, 1.54) is 6.07 Å². The molecule has 1 aromatic rings. The van der Waals surface area contributed by atoms with Crippen LogP contribution in [0.15, 0.2) is 18.2 Å². The molecule has 0 aromatic heterocycles. The number of benzene rings is 1. The molecule has 21 heavy (non-hydrogen) atoms. The second kappa shape index (κ2) is 7.24. The van der Waals surface area contributed by atoms with Crippen LogP contribution in [0, 0.1) is 23.6 Å². The number of hydrogen-bond donors (Lipinski definition) is 1. The molecule has 1 amide bonds. The predicted octanol–water partition coefficient (Wildman–Crippen LogP) is 2.32. The summed E-state index contributed by atoms with van der Waals surface area (Å²) in [5.74, 6) is 5.24. The minimum Gasteiger partial charge on any atom is -0.384 e. The molecule has 1 aromatic carbocycles. The molecule has 4 heteroatoms. The Morgan fingerprint density at radius 3 is 3.00 bits per heavy atom. The van der Waals surface area contributed by atoms with Gasteiger partial charge in [0.05, 0.1) is 5.56 Å². The van der Waals surface area contributed by atoms with Crippen LogP contribution in [0.25, 0.3) is 0 Å². The molecule has 1 N–H and O–H groups in total. The molecule has 1 aliphatic rings. The molecule has 3 nitrogen and oxygen atoms in total. The van der Waals surface area contributed by atoms with Crippen molar-refractivity contribution in [2.45, 2.75) is 32.7 Å². The first kappa shape index (κ1) is 15.5. The summed E-state index contributed by atoms with van der Waals surface area (Å²) in [7, 11) is 0. The minimum absolute atomic E-state index is 0.167. The van der Waals surface area contributed by atoms with Gasteiger partial charge in [-0.3, -0.25) is 4.79 Å². The summed E-state index contributed by atoms with van der Waals surface area (Å²) in [5.41, 5.74) is 1.13. The first-order valence-electron chi connectivity index (χ1n) is 7.30. The highest BCUT2D eigenvalue weighted by Gasteiger charge is 2.28. The zero-order chi connectivity index (χ0) is 15.2. The fraction of sp³-hybridized carbons (Fsp3) is 0.471. The van der Waals surface area contributed by atoms with Crippen molar-refractivity contribution in [3.63, 3.8) is 0 Å². The minimum atomic E-state index is -0.406. The third kappa shape index (κ3) is 4.05. The maximum atomic E-state index is 13.6. The van der Waals surface area contributed by atoms with E-state index in [1.54, 1.807) is 12.1 Å². The summed E-state index contributed by atoms with van der Waals surface area (Å²) in [5, 5.41) is 8.68. The van der Waals surface area contributed by atoms with Crippen LogP contribution in [0.4, 0.5) is 4.39 Å². The van der Waals surface area contributed by atoms with Crippen molar-refractivity contribution in [1.82, 2.24) is 4.90 Å². The van der Waals surface area contributed by atoms with Gasteiger partial charge in [-0.2, -0.15) is 0 Å². The van der Waals surface area contributed by atoms with Crippen LogP contribution in [0.5, 0.6) is 0 Å². The first-order valence-corrected chi connectivity index (χ1v) is 7.30. The van der Waals surface area contributed by atoms with E-state index in [0.717, 1.165) is 24.9 Å². The van der Waals surface area contributed by atoms with Crippen molar-refractivity contribution in [2.24, 2.45) is 5.92 Å². The highest BCUT2D eigenvalue weighted by Crippen LogP contribution is 2.24. The van der Waals surface area contributed by atoms with Crippen LogP contribution in [0.3, 0.4) is 0 Å². The SMILES string of the molecule is CCCC1CC(=O)N(Cc2ccc(F)c(C#CCO)c2)C1. The summed E-state index contributed by atoms with van der Waals surface area (Å²) in [6.45, 7) is 3.10. The highest BCUT2D eigenvalue weighted by atomic mass is 19.1. The van der Waals surface area contributed by atoms with Crippen LogP contribution < -0.4 is 0 Å². The van der Waals surface area contributed by atoms with Gasteiger partial charge in [-0.15, -0.1) is 0 Å². The lowest BCUT2D eigenvalue weighted by molar-refractivity contribution is -0.128. The zero-order valence-electron chi connectivity index (χ0n) is 12.2. The number of likely N-dealkylation sites (tertiary alicyclic amines) is 1. The predicted molar refractivity (Wildman–Crippen MR) is 78.8 cm³/mol. The maximum absolute atomic E-state index is 13.6. The van der Waals surface area contributed by atoms with E-state index in [4.69, 9.17) is 5.11 Å². The molecule has 0 radical (unpaired) electrons. The number of hydrogen-bond acceptors (Lipinski definition) is 2. The summed E-state index contributed by atoms with van der Waals surface area (Å²) in [6.07, 6.45) is 2.77. The fourth-order valence-corrected chi connectivity index (χ4v) is 2.73. The van der Waals surface area contributed by atoms with Crippen LogP contribution in [0.1, 0.15) is 37.3 Å². The smallest absolute Gasteiger partial charge is 0.223 e. The Bertz CT molecular complexity index is 574. The Morgan fingerprint density at radius 1 is 1.48 bits per heavy atom. The molecule has 1 atom stereocenters. The molecule has 112 valence electrons. The molecule has 0 bridgehead atoms. The number of aliphatic hydroxyl groups is 1. The Hall–Kier alpha value is -1.86. The number of nitrogens with zero attached hydrogens (tertiary/aromatic N) is 1. The van der Waals surface area contributed by atoms with E-state index < -0.39 is 5.82 Å². The Kier molecular flexibility index (Phi) is 5.35. The molecule has 1 aliphatic heterocycles. The van der Waals surface area contributed by atoms with Crippen molar-refractivity contribution in [3.05, 3.63) is 35.1 Å². The molecule has 1 saturated heterocycles. The van der Waals surface area contributed by atoms with Gasteiger partial charge in [0.1, 0.15) is 12.4 Å². The van der Waals surface area contributed by atoms with Gasteiger partial charge < -0.3 is 10.0 Å². The number of halogens is 1. The van der Waals surface area contributed by atoms with Gasteiger partial charge in [0.2, 0.25) is 5.91 Å². The number of carbonyl (C=O) groups is 1. The average Bonchev–Trinajstić information content (AvgIpc) is 2.80. The standard InChI is InChI=1S/C17H20FNO2/c1-2-4-13-10-17(21)19(11-13)12-14-6-7-16(18)15(9-14)5-3-8-20/h6-7,9,13,20H,2,4,8,10-12H2,1H3. The molecule has 0 spiro atoms. The van der Waals surface area contributed by atoms with Gasteiger partial charge in [-0.25, -0.2) is 4.39 Å². The number of carbonyl (C=O) groups excluding carboxylic acids is 1. The quantitative estimate of drug-likeness (QED) is 0.864. The Balaban J connectivity index is 2.08. The zero-order valence-corrected chi connectivity index (χ0v) is 12.2. The van der Waals surface area contributed by atoms with E-state index >= 15 is 0 Å². The van der Waals surface area contributed by atoms with Crippen molar-refractivity contribution >= 4 is 5.91 Å². The average molecular weight is 289 g/mol. The van der Waals surface area contributed by atoms with Gasteiger partial charge in [0.15, 0.2) is 0 Å². The van der Waals surface area contributed by atoms with Crippen molar-refractivity contribution in [2.75, 3.05) is 13.2 Å². The normalized spacial score (nSPS) is 17.8. The van der Waals surface area contributed by atoms with Crippen LogP contribution in [0.2, 0.25) is 0 Å². The van der Waals surface area contributed by atoms with E-state index in [0.29, 0.717) is 18.9 Å². The molecule has 1 heterocycles. The molecular formula is C17H20FNO2. The molecule has 0 aliphatic carbocycles. The lowest BCUT2D eigenvalue weighted by atomic mass is 10.0. The molecule has 1 unspecified atom stereocenters. The summed E-state index contributed by atoms with van der Waals surface area (Å²) < 4.78 is 13.6. The van der Waals surface area contributed by atoms with Crippen LogP contribution in [-0.2, 0) is 11.3 Å². The maximum Gasteiger partial charge on any atom is 0.223 e.